The van der Waals surface area contributed by atoms with Gasteiger partial charge in [0.2, 0.25) is 10.0 Å². The van der Waals surface area contributed by atoms with Gasteiger partial charge in [0.05, 0.1) is 23.5 Å². The van der Waals surface area contributed by atoms with Crippen molar-refractivity contribution in [3.05, 3.63) is 87.3 Å². The Bertz CT molecular complexity index is 1430. The van der Waals surface area contributed by atoms with Gasteiger partial charge in [-0.05, 0) is 55.2 Å². The fourth-order valence-corrected chi connectivity index (χ4v) is 5.76. The summed E-state index contributed by atoms with van der Waals surface area (Å²) in [6, 6.07) is 13.0. The zero-order chi connectivity index (χ0) is 26.7. The van der Waals surface area contributed by atoms with E-state index in [0.29, 0.717) is 40.4 Å². The summed E-state index contributed by atoms with van der Waals surface area (Å²) in [4.78, 5) is 19.2. The number of rotatable bonds is 9. The molecule has 2 aromatic carbocycles. The molecule has 0 aliphatic carbocycles. The van der Waals surface area contributed by atoms with Crippen molar-refractivity contribution in [1.29, 1.82) is 0 Å². The summed E-state index contributed by atoms with van der Waals surface area (Å²) < 4.78 is 33.0. The fourth-order valence-electron chi connectivity index (χ4n) is 4.12. The van der Waals surface area contributed by atoms with Crippen molar-refractivity contribution in [1.82, 2.24) is 14.5 Å². The van der Waals surface area contributed by atoms with Crippen molar-refractivity contribution in [3.63, 3.8) is 0 Å². The molecule has 2 heterocycles. The Hall–Kier alpha value is -3.14. The Morgan fingerprint density at radius 1 is 1.11 bits per heavy atom. The zero-order valence-corrected chi connectivity index (χ0v) is 23.0. The number of benzene rings is 2. The molecule has 196 valence electrons. The molecule has 0 radical (unpaired) electrons. The third-order valence-corrected chi connectivity index (χ3v) is 8.76. The molecule has 0 atom stereocenters. The summed E-state index contributed by atoms with van der Waals surface area (Å²) in [5.74, 6) is 1.11. The molecule has 3 aromatic rings. The highest BCUT2D eigenvalue weighted by Crippen LogP contribution is 2.27. The number of amides is 1. The molecule has 10 heteroatoms. The predicted molar refractivity (Wildman–Crippen MR) is 145 cm³/mol. The first kappa shape index (κ1) is 26.9. The van der Waals surface area contributed by atoms with Crippen LogP contribution in [0.15, 0.2) is 63.0 Å². The number of carbonyl (C=O) groups excluding carboxylic acids is 1. The van der Waals surface area contributed by atoms with Gasteiger partial charge in [-0.15, -0.1) is 0 Å². The van der Waals surface area contributed by atoms with Gasteiger partial charge in [0.15, 0.2) is 0 Å². The van der Waals surface area contributed by atoms with Crippen LogP contribution in [0.1, 0.15) is 38.4 Å². The Morgan fingerprint density at radius 3 is 2.51 bits per heavy atom. The number of likely N-dealkylation sites (N-methyl/N-ethyl adjacent to an activating group) is 1. The molecule has 37 heavy (non-hydrogen) atoms. The molecule has 0 bridgehead atoms. The number of aliphatic imine (C=N–C) groups is 1. The Kier molecular flexibility index (Phi) is 8.06. The van der Waals surface area contributed by atoms with Crippen molar-refractivity contribution < 1.29 is 17.6 Å². The van der Waals surface area contributed by atoms with E-state index in [9.17, 15) is 13.2 Å². The topological polar surface area (TPSA) is 95.2 Å². The van der Waals surface area contributed by atoms with Crippen molar-refractivity contribution in [2.24, 2.45) is 4.99 Å². The average Bonchev–Trinajstić information content (AvgIpc) is 3.57. The normalized spacial score (nSPS) is 13.5. The van der Waals surface area contributed by atoms with Gasteiger partial charge in [-0.3, -0.25) is 9.79 Å². The highest BCUT2D eigenvalue weighted by molar-refractivity contribution is 7.89. The minimum absolute atomic E-state index is 0.00700. The SMILES string of the molecule is Cc1cc(S(=O)(=O)N(C)Cc2cc(C(=O)N(C)CCc3ccc(C4=NCCN4)cc3)co2)c(C)cc1Cl. The summed E-state index contributed by atoms with van der Waals surface area (Å²) in [6.07, 6.45) is 2.07. The second kappa shape index (κ2) is 11.1. The molecule has 1 aromatic heterocycles. The number of amidine groups is 1. The molecule has 1 aliphatic heterocycles. The average molecular weight is 543 g/mol. The zero-order valence-electron chi connectivity index (χ0n) is 21.4. The van der Waals surface area contributed by atoms with E-state index in [1.807, 2.05) is 24.3 Å². The lowest BCUT2D eigenvalue weighted by Gasteiger charge is -2.18. The molecule has 8 nitrogen and oxygen atoms in total. The molecule has 0 saturated heterocycles. The Balaban J connectivity index is 1.35. The molecule has 4 rings (SSSR count). The van der Waals surface area contributed by atoms with E-state index in [1.54, 1.807) is 44.0 Å². The molecular weight excluding hydrogens is 512 g/mol. The van der Waals surface area contributed by atoms with Crippen molar-refractivity contribution in [2.45, 2.75) is 31.7 Å². The van der Waals surface area contributed by atoms with Crippen LogP contribution in [0.5, 0.6) is 0 Å². The first-order chi connectivity index (χ1) is 17.6. The van der Waals surface area contributed by atoms with Gasteiger partial charge >= 0.3 is 0 Å². The second-order valence-electron chi connectivity index (χ2n) is 9.26. The molecule has 0 unspecified atom stereocenters. The number of aryl methyl sites for hydroxylation is 2. The van der Waals surface area contributed by atoms with Gasteiger partial charge in [-0.2, -0.15) is 4.31 Å². The summed E-state index contributed by atoms with van der Waals surface area (Å²) >= 11 is 6.13. The maximum Gasteiger partial charge on any atom is 0.256 e. The van der Waals surface area contributed by atoms with Crippen molar-refractivity contribution >= 4 is 33.4 Å². The van der Waals surface area contributed by atoms with Crippen LogP contribution in [0.2, 0.25) is 5.02 Å². The van der Waals surface area contributed by atoms with Crippen LogP contribution in [0, 0.1) is 13.8 Å². The monoisotopic (exact) mass is 542 g/mol. The first-order valence-electron chi connectivity index (χ1n) is 12.0. The van der Waals surface area contributed by atoms with Crippen LogP contribution in [0.3, 0.4) is 0 Å². The smallest absolute Gasteiger partial charge is 0.256 e. The number of halogens is 1. The number of sulfonamides is 1. The Labute approximate surface area is 223 Å². The lowest BCUT2D eigenvalue weighted by molar-refractivity contribution is 0.0796. The van der Waals surface area contributed by atoms with Crippen molar-refractivity contribution in [3.8, 4) is 0 Å². The van der Waals surface area contributed by atoms with Crippen LogP contribution in [-0.2, 0) is 23.0 Å². The molecule has 1 aliphatic rings. The van der Waals surface area contributed by atoms with Crippen LogP contribution >= 0.6 is 11.6 Å². The van der Waals surface area contributed by atoms with Gasteiger partial charge < -0.3 is 14.6 Å². The van der Waals surface area contributed by atoms with Gasteiger partial charge in [0.25, 0.3) is 5.91 Å². The summed E-state index contributed by atoms with van der Waals surface area (Å²) in [5, 5.41) is 3.78. The standard InChI is InChI=1S/C27H31ClN4O4S/c1-18-14-25(19(2)13-24(18)28)37(34,35)32(4)16-23-15-22(17-36-23)27(33)31(3)12-9-20-5-7-21(8-6-20)26-29-10-11-30-26/h5-8,13-15,17H,9-12,16H2,1-4H3,(H,29,30). The first-order valence-corrected chi connectivity index (χ1v) is 13.8. The van der Waals surface area contributed by atoms with Gasteiger partial charge in [-0.1, -0.05) is 35.9 Å². The summed E-state index contributed by atoms with van der Waals surface area (Å²) in [5.41, 5.74) is 3.81. The number of nitrogens with zero attached hydrogens (tertiary/aromatic N) is 3. The Morgan fingerprint density at radius 2 is 1.84 bits per heavy atom. The lowest BCUT2D eigenvalue weighted by Crippen LogP contribution is -2.28. The predicted octanol–water partition coefficient (Wildman–Crippen LogP) is 4.04. The minimum Gasteiger partial charge on any atom is -0.467 e. The van der Waals surface area contributed by atoms with E-state index in [4.69, 9.17) is 16.0 Å². The molecule has 1 amide bonds. The molecule has 0 fully saturated rings. The van der Waals surface area contributed by atoms with E-state index in [1.165, 1.54) is 17.6 Å². The quantitative estimate of drug-likeness (QED) is 0.440. The molecule has 0 saturated carbocycles. The van der Waals surface area contributed by atoms with Crippen LogP contribution in [0.25, 0.3) is 0 Å². The summed E-state index contributed by atoms with van der Waals surface area (Å²) in [6.45, 7) is 5.66. The summed E-state index contributed by atoms with van der Waals surface area (Å²) in [7, 11) is -0.554. The van der Waals surface area contributed by atoms with E-state index in [2.05, 4.69) is 10.3 Å². The third-order valence-electron chi connectivity index (χ3n) is 6.41. The van der Waals surface area contributed by atoms with E-state index in [-0.39, 0.29) is 17.3 Å². The molecule has 1 N–H and O–H groups in total. The van der Waals surface area contributed by atoms with E-state index >= 15 is 0 Å². The second-order valence-corrected chi connectivity index (χ2v) is 11.7. The van der Waals surface area contributed by atoms with Gasteiger partial charge in [0, 0.05) is 37.8 Å². The third kappa shape index (κ3) is 6.06. The van der Waals surface area contributed by atoms with Crippen molar-refractivity contribution in [2.75, 3.05) is 33.7 Å². The number of carbonyl (C=O) groups is 1. The van der Waals surface area contributed by atoms with Crippen LogP contribution in [-0.4, -0.2) is 63.1 Å². The molecule has 0 spiro atoms. The van der Waals surface area contributed by atoms with Gasteiger partial charge in [0.1, 0.15) is 17.9 Å². The number of hydrogen-bond acceptors (Lipinski definition) is 6. The minimum atomic E-state index is -3.77. The largest absolute Gasteiger partial charge is 0.467 e. The van der Waals surface area contributed by atoms with E-state index in [0.717, 1.165) is 30.1 Å². The number of hydrogen-bond donors (Lipinski definition) is 1. The van der Waals surface area contributed by atoms with Crippen LogP contribution in [0.4, 0.5) is 0 Å². The highest BCUT2D eigenvalue weighted by atomic mass is 35.5. The lowest BCUT2D eigenvalue weighted by atomic mass is 10.1. The maximum absolute atomic E-state index is 13.1. The fraction of sp³-hybridized carbons (Fsp3) is 0.333. The van der Waals surface area contributed by atoms with Gasteiger partial charge in [-0.25, -0.2) is 8.42 Å². The van der Waals surface area contributed by atoms with E-state index < -0.39 is 10.0 Å². The number of nitrogens with one attached hydrogen (secondary N) is 1. The highest BCUT2D eigenvalue weighted by Gasteiger charge is 2.25. The van der Waals surface area contributed by atoms with Crippen LogP contribution < -0.4 is 5.32 Å². The maximum atomic E-state index is 13.1. The molecular formula is C27H31ClN4O4S. The number of furan rings is 1.